The van der Waals surface area contributed by atoms with Gasteiger partial charge in [0, 0.05) is 24.1 Å². The normalized spacial score (nSPS) is 12.1. The van der Waals surface area contributed by atoms with Crippen molar-refractivity contribution in [3.8, 4) is 11.3 Å². The number of hydrogen-bond donors (Lipinski definition) is 3. The van der Waals surface area contributed by atoms with Crippen molar-refractivity contribution in [3.05, 3.63) is 41.3 Å². The fourth-order valence-electron chi connectivity index (χ4n) is 1.59. The Bertz CT molecular complexity index is 585. The number of anilines is 1. The van der Waals surface area contributed by atoms with Crippen molar-refractivity contribution in [2.45, 2.75) is 6.10 Å². The number of aliphatic hydroxyl groups is 1. The lowest BCUT2D eigenvalue weighted by atomic mass is 10.1. The van der Waals surface area contributed by atoms with E-state index in [4.69, 9.17) is 23.8 Å². The predicted octanol–water partition coefficient (Wildman–Crippen LogP) is 2.82. The summed E-state index contributed by atoms with van der Waals surface area (Å²) in [5, 5.41) is 12.5. The first-order chi connectivity index (χ1) is 9.19. The Kier molecular flexibility index (Phi) is 4.90. The number of halogens is 1. The average molecular weight is 296 g/mol. The lowest BCUT2D eigenvalue weighted by molar-refractivity contribution is 0.211. The standard InChI is InChI=1S/C13H14ClN3OS/c14-7-11(18)8-16-10-3-1-9(2-4-10)12-5-6-15-13(19)17-12/h1-6,11,16,18H,7-8H2,(H,15,17,19). The third-order valence-electron chi connectivity index (χ3n) is 2.59. The molecule has 1 aromatic carbocycles. The van der Waals surface area contributed by atoms with Gasteiger partial charge in [-0.25, -0.2) is 4.98 Å². The van der Waals surface area contributed by atoms with Crippen LogP contribution in [0.4, 0.5) is 5.69 Å². The monoisotopic (exact) mass is 295 g/mol. The second-order valence-electron chi connectivity index (χ2n) is 4.06. The van der Waals surface area contributed by atoms with Crippen LogP contribution in [-0.2, 0) is 0 Å². The summed E-state index contributed by atoms with van der Waals surface area (Å²) in [6.07, 6.45) is 1.13. The summed E-state index contributed by atoms with van der Waals surface area (Å²) in [5.41, 5.74) is 2.88. The molecule has 0 fully saturated rings. The van der Waals surface area contributed by atoms with Gasteiger partial charge >= 0.3 is 0 Å². The number of rotatable bonds is 5. The zero-order chi connectivity index (χ0) is 13.7. The number of hydrogen-bond acceptors (Lipinski definition) is 4. The summed E-state index contributed by atoms with van der Waals surface area (Å²) in [5.74, 6) is 0.221. The minimum atomic E-state index is -0.544. The van der Waals surface area contributed by atoms with Crippen molar-refractivity contribution in [2.75, 3.05) is 17.7 Å². The molecule has 0 aliphatic rings. The van der Waals surface area contributed by atoms with Crippen molar-refractivity contribution in [1.82, 2.24) is 9.97 Å². The van der Waals surface area contributed by atoms with Gasteiger partial charge in [-0.15, -0.1) is 11.6 Å². The van der Waals surface area contributed by atoms with Crippen molar-refractivity contribution in [3.63, 3.8) is 0 Å². The summed E-state index contributed by atoms with van der Waals surface area (Å²) in [4.78, 5) is 6.98. The molecule has 1 atom stereocenters. The molecule has 0 spiro atoms. The van der Waals surface area contributed by atoms with E-state index in [0.717, 1.165) is 16.9 Å². The van der Waals surface area contributed by atoms with Crippen LogP contribution >= 0.6 is 23.8 Å². The first-order valence-corrected chi connectivity index (χ1v) is 6.77. The van der Waals surface area contributed by atoms with Crippen LogP contribution in [-0.4, -0.2) is 33.6 Å². The molecule has 2 rings (SSSR count). The summed E-state index contributed by atoms with van der Waals surface area (Å²) in [7, 11) is 0. The van der Waals surface area contributed by atoms with E-state index in [9.17, 15) is 5.11 Å². The third kappa shape index (κ3) is 4.02. The van der Waals surface area contributed by atoms with Crippen molar-refractivity contribution < 1.29 is 5.11 Å². The van der Waals surface area contributed by atoms with E-state index >= 15 is 0 Å². The Labute approximate surface area is 121 Å². The Balaban J connectivity index is 2.08. The Morgan fingerprint density at radius 2 is 2.05 bits per heavy atom. The molecule has 0 saturated heterocycles. The maximum absolute atomic E-state index is 9.36. The molecule has 4 nitrogen and oxygen atoms in total. The molecule has 1 unspecified atom stereocenters. The summed E-state index contributed by atoms with van der Waals surface area (Å²) in [6, 6.07) is 9.68. The van der Waals surface area contributed by atoms with Crippen LogP contribution < -0.4 is 5.32 Å². The Morgan fingerprint density at radius 1 is 1.32 bits per heavy atom. The highest BCUT2D eigenvalue weighted by atomic mass is 35.5. The lowest BCUT2D eigenvalue weighted by Crippen LogP contribution is -2.20. The number of benzene rings is 1. The average Bonchev–Trinajstić information content (AvgIpc) is 2.45. The van der Waals surface area contributed by atoms with Gasteiger partial charge in [0.15, 0.2) is 4.77 Å². The van der Waals surface area contributed by atoms with E-state index in [0.29, 0.717) is 11.3 Å². The lowest BCUT2D eigenvalue weighted by Gasteiger charge is -2.10. The number of aromatic amines is 1. The molecular formula is C13H14ClN3OS. The fourth-order valence-corrected chi connectivity index (χ4v) is 1.87. The van der Waals surface area contributed by atoms with E-state index < -0.39 is 6.10 Å². The predicted molar refractivity (Wildman–Crippen MR) is 80.1 cm³/mol. The van der Waals surface area contributed by atoms with Gasteiger partial charge in [-0.3, -0.25) is 0 Å². The molecular weight excluding hydrogens is 282 g/mol. The highest BCUT2D eigenvalue weighted by Gasteiger charge is 2.02. The summed E-state index contributed by atoms with van der Waals surface area (Å²) < 4.78 is 0.463. The second-order valence-corrected chi connectivity index (χ2v) is 4.75. The number of alkyl halides is 1. The number of nitrogens with zero attached hydrogens (tertiary/aromatic N) is 1. The van der Waals surface area contributed by atoms with Gasteiger partial charge in [0.25, 0.3) is 0 Å². The minimum Gasteiger partial charge on any atom is -0.390 e. The van der Waals surface area contributed by atoms with Crippen LogP contribution in [0.5, 0.6) is 0 Å². The number of aromatic nitrogens is 2. The molecule has 0 radical (unpaired) electrons. The van der Waals surface area contributed by atoms with Crippen molar-refractivity contribution >= 4 is 29.5 Å². The maximum Gasteiger partial charge on any atom is 0.197 e. The second kappa shape index (κ2) is 6.65. The van der Waals surface area contributed by atoms with Gasteiger partial charge in [-0.2, -0.15) is 0 Å². The molecule has 1 heterocycles. The Morgan fingerprint density at radius 3 is 2.68 bits per heavy atom. The summed E-state index contributed by atoms with van der Waals surface area (Å²) in [6.45, 7) is 0.431. The fraction of sp³-hybridized carbons (Fsp3) is 0.231. The topological polar surface area (TPSA) is 60.9 Å². The molecule has 6 heteroatoms. The first kappa shape index (κ1) is 14.0. The largest absolute Gasteiger partial charge is 0.390 e. The van der Waals surface area contributed by atoms with Crippen LogP contribution in [0.1, 0.15) is 0 Å². The zero-order valence-corrected chi connectivity index (χ0v) is 11.7. The van der Waals surface area contributed by atoms with Gasteiger partial charge in [-0.1, -0.05) is 12.1 Å². The molecule has 0 aliphatic heterocycles. The van der Waals surface area contributed by atoms with Gasteiger partial charge in [0.05, 0.1) is 12.0 Å². The van der Waals surface area contributed by atoms with Crippen LogP contribution in [0.3, 0.4) is 0 Å². The van der Waals surface area contributed by atoms with E-state index in [1.165, 1.54) is 0 Å². The highest BCUT2D eigenvalue weighted by Crippen LogP contribution is 2.18. The third-order valence-corrected chi connectivity index (χ3v) is 3.15. The van der Waals surface area contributed by atoms with Gasteiger partial charge < -0.3 is 15.4 Å². The van der Waals surface area contributed by atoms with Crippen LogP contribution in [0, 0.1) is 4.77 Å². The summed E-state index contributed by atoms with van der Waals surface area (Å²) >= 11 is 10.5. The van der Waals surface area contributed by atoms with Crippen LogP contribution in [0.25, 0.3) is 11.3 Å². The molecule has 2 aromatic rings. The number of H-pyrrole nitrogens is 1. The van der Waals surface area contributed by atoms with E-state index in [1.54, 1.807) is 6.20 Å². The maximum atomic E-state index is 9.36. The first-order valence-electron chi connectivity index (χ1n) is 5.82. The molecule has 1 aromatic heterocycles. The molecule has 3 N–H and O–H groups in total. The molecule has 0 amide bonds. The van der Waals surface area contributed by atoms with Gasteiger partial charge in [-0.05, 0) is 36.0 Å². The molecule has 0 saturated carbocycles. The van der Waals surface area contributed by atoms with E-state index in [1.807, 2.05) is 30.3 Å². The highest BCUT2D eigenvalue weighted by molar-refractivity contribution is 7.71. The molecule has 0 aliphatic carbocycles. The molecule has 0 bridgehead atoms. The SMILES string of the molecule is OC(CCl)CNc1ccc(-c2ccnc(=S)[nH]2)cc1. The smallest absolute Gasteiger partial charge is 0.197 e. The van der Waals surface area contributed by atoms with Crippen LogP contribution in [0.2, 0.25) is 0 Å². The van der Waals surface area contributed by atoms with Crippen molar-refractivity contribution in [1.29, 1.82) is 0 Å². The number of aliphatic hydroxyl groups excluding tert-OH is 1. The zero-order valence-electron chi connectivity index (χ0n) is 10.1. The van der Waals surface area contributed by atoms with Crippen LogP contribution in [0.15, 0.2) is 36.5 Å². The van der Waals surface area contributed by atoms with Gasteiger partial charge in [0.1, 0.15) is 0 Å². The molecule has 19 heavy (non-hydrogen) atoms. The van der Waals surface area contributed by atoms with Crippen molar-refractivity contribution in [2.24, 2.45) is 0 Å². The quantitative estimate of drug-likeness (QED) is 0.586. The minimum absolute atomic E-state index is 0.221. The number of nitrogens with one attached hydrogen (secondary N) is 2. The molecule has 100 valence electrons. The van der Waals surface area contributed by atoms with Gasteiger partial charge in [0.2, 0.25) is 0 Å². The Hall–Kier alpha value is -1.43. The van der Waals surface area contributed by atoms with E-state index in [2.05, 4.69) is 15.3 Å². The van der Waals surface area contributed by atoms with E-state index in [-0.39, 0.29) is 5.88 Å².